The van der Waals surface area contributed by atoms with Crippen molar-refractivity contribution in [3.63, 3.8) is 0 Å². The second-order valence-corrected chi connectivity index (χ2v) is 12.6. The first-order valence-electron chi connectivity index (χ1n) is 13.2. The Morgan fingerprint density at radius 2 is 1.64 bits per heavy atom. The number of nitrogens with zero attached hydrogens (tertiary/aromatic N) is 2. The molecule has 1 heterocycles. The highest BCUT2D eigenvalue weighted by molar-refractivity contribution is 8.00. The Kier molecular flexibility index (Phi) is 7.66. The molecule has 1 aliphatic carbocycles. The number of ketones is 1. The van der Waals surface area contributed by atoms with Crippen molar-refractivity contribution in [2.75, 3.05) is 5.32 Å². The average Bonchev–Trinajstić information content (AvgIpc) is 3.32. The van der Waals surface area contributed by atoms with Crippen LogP contribution in [0.3, 0.4) is 0 Å². The summed E-state index contributed by atoms with van der Waals surface area (Å²) in [6, 6.07) is 24.9. The van der Waals surface area contributed by atoms with Crippen molar-refractivity contribution in [1.29, 1.82) is 0 Å². The number of alkyl halides is 1. The summed E-state index contributed by atoms with van der Waals surface area (Å²) in [6.45, 7) is 0. The molecule has 0 bridgehead atoms. The molecule has 1 N–H and O–H groups in total. The Bertz CT molecular complexity index is 1720. The first-order chi connectivity index (χ1) is 20.2. The highest BCUT2D eigenvalue weighted by Gasteiger charge is 2.51. The van der Waals surface area contributed by atoms with Gasteiger partial charge in [0, 0.05) is 51.2 Å². The molecule has 4 aromatic rings. The van der Waals surface area contributed by atoms with E-state index in [-0.39, 0.29) is 34.2 Å². The third kappa shape index (κ3) is 5.12. The van der Waals surface area contributed by atoms with Crippen molar-refractivity contribution in [1.82, 2.24) is 0 Å². The minimum absolute atomic E-state index is 0.00814. The molecule has 2 aliphatic rings. The zero-order valence-corrected chi connectivity index (χ0v) is 24.2. The number of rotatable bonds is 7. The second-order valence-electron chi connectivity index (χ2n) is 10.3. The fourth-order valence-electron chi connectivity index (χ4n) is 6.14. The number of halogens is 2. The minimum Gasteiger partial charge on any atom is -0.377 e. The minimum atomic E-state index is -0.472. The Labute approximate surface area is 255 Å². The Morgan fingerprint density at radius 3 is 2.38 bits per heavy atom. The highest BCUT2D eigenvalue weighted by atomic mass is 35.5. The lowest BCUT2D eigenvalue weighted by atomic mass is 9.76. The van der Waals surface area contributed by atoms with Crippen molar-refractivity contribution < 1.29 is 14.6 Å². The molecule has 0 radical (unpaired) electrons. The highest BCUT2D eigenvalue weighted by Crippen LogP contribution is 2.59. The molecule has 11 heteroatoms. The van der Waals surface area contributed by atoms with Gasteiger partial charge in [-0.25, -0.2) is 0 Å². The largest absolute Gasteiger partial charge is 0.377 e. The van der Waals surface area contributed by atoms with Gasteiger partial charge in [0.1, 0.15) is 0 Å². The van der Waals surface area contributed by atoms with Crippen LogP contribution in [0.15, 0.2) is 95.9 Å². The second kappa shape index (κ2) is 11.4. The normalized spacial score (nSPS) is 22.5. The molecule has 0 aromatic heterocycles. The summed E-state index contributed by atoms with van der Waals surface area (Å²) in [4.78, 5) is 36.8. The lowest BCUT2D eigenvalue weighted by Crippen LogP contribution is -2.32. The van der Waals surface area contributed by atoms with Crippen LogP contribution in [-0.2, 0) is 0 Å². The molecule has 0 amide bonds. The first kappa shape index (κ1) is 28.2. The van der Waals surface area contributed by atoms with E-state index in [1.165, 1.54) is 23.9 Å². The number of hydrogen-bond acceptors (Lipinski definition) is 7. The van der Waals surface area contributed by atoms with Crippen LogP contribution >= 0.6 is 35.0 Å². The van der Waals surface area contributed by atoms with Crippen LogP contribution in [0.1, 0.15) is 45.4 Å². The van der Waals surface area contributed by atoms with Crippen molar-refractivity contribution in [2.45, 2.75) is 33.9 Å². The van der Waals surface area contributed by atoms with Gasteiger partial charge in [0.05, 0.1) is 26.2 Å². The number of benzene rings is 4. The van der Waals surface area contributed by atoms with E-state index >= 15 is 0 Å². The van der Waals surface area contributed by atoms with Gasteiger partial charge in [0.15, 0.2) is 5.78 Å². The number of thioether (sulfide) groups is 1. The Hall–Kier alpha value is -3.92. The number of anilines is 1. The van der Waals surface area contributed by atoms with Crippen LogP contribution in [0.5, 0.6) is 0 Å². The third-order valence-corrected chi connectivity index (χ3v) is 10.3. The van der Waals surface area contributed by atoms with Gasteiger partial charge >= 0.3 is 0 Å². The van der Waals surface area contributed by atoms with E-state index in [0.29, 0.717) is 38.7 Å². The molecule has 1 fully saturated rings. The van der Waals surface area contributed by atoms with Gasteiger partial charge in [-0.15, -0.1) is 23.4 Å². The van der Waals surface area contributed by atoms with Crippen molar-refractivity contribution in [3.8, 4) is 0 Å². The average molecular weight is 621 g/mol. The monoisotopic (exact) mass is 619 g/mol. The molecule has 42 heavy (non-hydrogen) atoms. The number of hydrogen-bond donors (Lipinski definition) is 1. The van der Waals surface area contributed by atoms with Crippen LogP contribution in [0.25, 0.3) is 0 Å². The van der Waals surface area contributed by atoms with Crippen molar-refractivity contribution >= 4 is 57.8 Å². The van der Waals surface area contributed by atoms with Crippen molar-refractivity contribution in [2.24, 2.45) is 5.92 Å². The number of carbonyl (C=O) groups is 1. The summed E-state index contributed by atoms with van der Waals surface area (Å²) >= 11 is 15.2. The lowest BCUT2D eigenvalue weighted by molar-refractivity contribution is -0.387. The summed E-state index contributed by atoms with van der Waals surface area (Å²) in [5, 5.41) is 26.6. The van der Waals surface area contributed by atoms with E-state index in [1.54, 1.807) is 60.7 Å². The number of nitro groups is 2. The van der Waals surface area contributed by atoms with Gasteiger partial charge in [-0.05, 0) is 41.7 Å². The summed E-state index contributed by atoms with van der Waals surface area (Å²) in [6.07, 6.45) is 0.573. The molecule has 0 saturated heterocycles. The van der Waals surface area contributed by atoms with E-state index in [4.69, 9.17) is 23.2 Å². The molecule has 8 nitrogen and oxygen atoms in total. The van der Waals surface area contributed by atoms with Crippen molar-refractivity contribution in [3.05, 3.63) is 139 Å². The Balaban J connectivity index is 1.48. The maximum absolute atomic E-state index is 13.7. The molecule has 212 valence electrons. The van der Waals surface area contributed by atoms with E-state index in [0.717, 1.165) is 5.56 Å². The molecule has 5 atom stereocenters. The van der Waals surface area contributed by atoms with Gasteiger partial charge < -0.3 is 5.32 Å². The van der Waals surface area contributed by atoms with Crippen LogP contribution in [0, 0.1) is 26.1 Å². The quantitative estimate of drug-likeness (QED) is 0.0954. The predicted octanol–water partition coefficient (Wildman–Crippen LogP) is 8.43. The van der Waals surface area contributed by atoms with Crippen LogP contribution in [0.4, 0.5) is 17.1 Å². The lowest BCUT2D eigenvalue weighted by Gasteiger charge is -2.39. The number of nitrogens with one attached hydrogen (secondary N) is 1. The molecule has 6 rings (SSSR count). The number of carbonyl (C=O) groups excluding carboxylic acids is 1. The van der Waals surface area contributed by atoms with Gasteiger partial charge in [-0.3, -0.25) is 25.0 Å². The van der Waals surface area contributed by atoms with E-state index in [9.17, 15) is 25.0 Å². The fourth-order valence-corrected chi connectivity index (χ4v) is 8.31. The zero-order chi connectivity index (χ0) is 29.5. The van der Waals surface area contributed by atoms with Crippen LogP contribution < -0.4 is 5.32 Å². The number of non-ortho nitro benzene ring substituents is 1. The van der Waals surface area contributed by atoms with E-state index in [1.807, 2.05) is 18.2 Å². The maximum Gasteiger partial charge on any atom is 0.282 e. The molecule has 0 spiro atoms. The van der Waals surface area contributed by atoms with Crippen LogP contribution in [-0.4, -0.2) is 26.3 Å². The van der Waals surface area contributed by atoms with Gasteiger partial charge in [-0.2, -0.15) is 0 Å². The van der Waals surface area contributed by atoms with Gasteiger partial charge in [0.25, 0.3) is 11.4 Å². The molecule has 0 unspecified atom stereocenters. The summed E-state index contributed by atoms with van der Waals surface area (Å²) in [5.41, 5.74) is 2.92. The number of nitro benzene ring substituents is 2. The molecular formula is C31H23Cl2N3O5S. The summed E-state index contributed by atoms with van der Waals surface area (Å²) in [7, 11) is 0. The zero-order valence-electron chi connectivity index (χ0n) is 21.9. The summed E-state index contributed by atoms with van der Waals surface area (Å²) in [5.74, 6) is -0.637. The smallest absolute Gasteiger partial charge is 0.282 e. The number of fused-ring (bicyclic) bond motifs is 3. The molecular weight excluding hydrogens is 597 g/mol. The SMILES string of the molecule is O=C(c1ccccc1)c1cc(Cl)cc2c1N[C@H](c1cccc([N+](=O)[O-])c1)[C@@H]1C[C@H](Sc3ccccc3[N+](=O)[O-])[C@H](Cl)[C@@H]21. The molecule has 4 aromatic carbocycles. The number of para-hydroxylation sites is 1. The van der Waals surface area contributed by atoms with Gasteiger partial charge in [-0.1, -0.05) is 66.2 Å². The fraction of sp³-hybridized carbons (Fsp3) is 0.194. The molecule has 1 aliphatic heterocycles. The first-order valence-corrected chi connectivity index (χ1v) is 14.9. The predicted molar refractivity (Wildman–Crippen MR) is 164 cm³/mol. The standard InChI is InChI=1S/C31H23Cl2N3O5S/c32-19-14-21-27-22(16-26(28(27)33)42-25-12-5-4-11-24(25)36(40)41)29(18-9-6-10-20(13-18)35(38)39)34-30(21)23(15-19)31(37)17-7-2-1-3-8-17/h1-15,22,26-29,34H,16H2/t22-,26+,27+,28+,29-/m1/s1. The molecule has 1 saturated carbocycles. The summed E-state index contributed by atoms with van der Waals surface area (Å²) < 4.78 is 0. The van der Waals surface area contributed by atoms with E-state index < -0.39 is 21.3 Å². The third-order valence-electron chi connectivity index (χ3n) is 7.95. The topological polar surface area (TPSA) is 115 Å². The maximum atomic E-state index is 13.7. The van der Waals surface area contributed by atoms with Gasteiger partial charge in [0.2, 0.25) is 0 Å². The van der Waals surface area contributed by atoms with E-state index in [2.05, 4.69) is 5.32 Å². The van der Waals surface area contributed by atoms with Crippen LogP contribution in [0.2, 0.25) is 5.02 Å². The Morgan fingerprint density at radius 1 is 0.905 bits per heavy atom.